The Balaban J connectivity index is 1.74. The van der Waals surface area contributed by atoms with Crippen molar-refractivity contribution in [2.45, 2.75) is 56.4 Å². The first-order chi connectivity index (χ1) is 13.4. The zero-order valence-electron chi connectivity index (χ0n) is 16.0. The molecule has 0 aromatic heterocycles. The molecule has 0 N–H and O–H groups in total. The van der Waals surface area contributed by atoms with Crippen LogP contribution in [-0.4, -0.2) is 54.5 Å². The quantitative estimate of drug-likeness (QED) is 0.687. The predicted octanol–water partition coefficient (Wildman–Crippen LogP) is 3.93. The van der Waals surface area contributed by atoms with E-state index in [1.165, 1.54) is 0 Å². The van der Waals surface area contributed by atoms with E-state index in [0.29, 0.717) is 37.9 Å². The minimum Gasteiger partial charge on any atom is -0.372 e. The van der Waals surface area contributed by atoms with Crippen LogP contribution in [0.25, 0.3) is 0 Å². The Kier molecular flexibility index (Phi) is 5.88. The summed E-state index contributed by atoms with van der Waals surface area (Å²) in [6.45, 7) is -0.0992. The van der Waals surface area contributed by atoms with Crippen molar-refractivity contribution in [2.75, 3.05) is 20.6 Å². The summed E-state index contributed by atoms with van der Waals surface area (Å²) in [5, 5.41) is 0. The van der Waals surface area contributed by atoms with Crippen LogP contribution in [0.3, 0.4) is 0 Å². The summed E-state index contributed by atoms with van der Waals surface area (Å²) in [6.07, 6.45) is -8.60. The van der Waals surface area contributed by atoms with Crippen LogP contribution in [-0.2, 0) is 28.5 Å². The van der Waals surface area contributed by atoms with Gasteiger partial charge in [0.15, 0.2) is 0 Å². The monoisotopic (exact) mass is 424 g/mol. The number of amides is 1. The molecule has 0 bridgehead atoms. The fourth-order valence-electron chi connectivity index (χ4n) is 4.12. The Morgan fingerprint density at radius 2 is 1.66 bits per heavy atom. The summed E-state index contributed by atoms with van der Waals surface area (Å²) in [5.41, 5.74) is -2.93. The van der Waals surface area contributed by atoms with Gasteiger partial charge >= 0.3 is 12.4 Å². The topological polar surface area (TPSA) is 32.8 Å². The maximum atomic E-state index is 13.0. The van der Waals surface area contributed by atoms with Gasteiger partial charge in [-0.1, -0.05) is 0 Å². The first-order valence-corrected chi connectivity index (χ1v) is 9.22. The number of hydrogen-bond donors (Lipinski definition) is 0. The van der Waals surface area contributed by atoms with Crippen molar-refractivity contribution in [3.63, 3.8) is 0 Å². The maximum Gasteiger partial charge on any atom is 0.416 e. The van der Waals surface area contributed by atoms with Gasteiger partial charge in [-0.3, -0.25) is 4.79 Å². The van der Waals surface area contributed by atoms with Gasteiger partial charge in [0.1, 0.15) is 0 Å². The smallest absolute Gasteiger partial charge is 0.372 e. The number of carbonyl (C=O) groups excluding carboxylic acids is 1. The van der Waals surface area contributed by atoms with Crippen molar-refractivity contribution >= 4 is 5.91 Å². The van der Waals surface area contributed by atoms with Crippen molar-refractivity contribution in [1.82, 2.24) is 9.80 Å². The zero-order chi connectivity index (χ0) is 21.6. The molecular formula is C19H22F6N2O2. The molecule has 2 fully saturated rings. The molecule has 1 aromatic carbocycles. The number of ether oxygens (including phenoxy) is 1. The van der Waals surface area contributed by atoms with Gasteiger partial charge in [0.25, 0.3) is 0 Å². The van der Waals surface area contributed by atoms with Gasteiger partial charge in [-0.05, 0) is 50.7 Å². The fourth-order valence-corrected chi connectivity index (χ4v) is 4.12. The molecule has 0 radical (unpaired) electrons. The number of halogens is 6. The van der Waals surface area contributed by atoms with Gasteiger partial charge in [-0.2, -0.15) is 26.3 Å². The van der Waals surface area contributed by atoms with Gasteiger partial charge in [-0.25, -0.2) is 0 Å². The summed E-state index contributed by atoms with van der Waals surface area (Å²) in [6, 6.07) is 1.52. The molecule has 162 valence electrons. The van der Waals surface area contributed by atoms with E-state index in [0.717, 1.165) is 0 Å². The third-order valence-electron chi connectivity index (χ3n) is 5.52. The maximum absolute atomic E-state index is 13.0. The van der Waals surface area contributed by atoms with E-state index in [9.17, 15) is 31.1 Å². The number of fused-ring (bicyclic) bond motifs is 1. The van der Waals surface area contributed by atoms with Crippen LogP contribution in [0.1, 0.15) is 36.0 Å². The summed E-state index contributed by atoms with van der Waals surface area (Å²) >= 11 is 0. The molecule has 0 saturated carbocycles. The lowest BCUT2D eigenvalue weighted by Gasteiger charge is -2.39. The number of nitrogens with zero attached hydrogens (tertiary/aromatic N) is 2. The van der Waals surface area contributed by atoms with E-state index in [2.05, 4.69) is 0 Å². The molecule has 10 heteroatoms. The fraction of sp³-hybridized carbons (Fsp3) is 0.632. The molecule has 3 rings (SSSR count). The SMILES string of the molecule is CN(C)C1CCC(=O)N2CC(OCc3cc(C(F)(F)F)cc(C(F)(F)F)c3)CC12. The van der Waals surface area contributed by atoms with E-state index in [4.69, 9.17) is 4.74 Å². The summed E-state index contributed by atoms with van der Waals surface area (Å²) in [5.74, 6) is -0.00220. The molecule has 2 aliphatic rings. The third kappa shape index (κ3) is 4.85. The van der Waals surface area contributed by atoms with Gasteiger partial charge in [0.2, 0.25) is 5.91 Å². The molecular weight excluding hydrogens is 402 g/mol. The summed E-state index contributed by atoms with van der Waals surface area (Å²) in [4.78, 5) is 15.9. The van der Waals surface area contributed by atoms with Crippen LogP contribution in [0.5, 0.6) is 0 Å². The highest BCUT2D eigenvalue weighted by Crippen LogP contribution is 2.37. The van der Waals surface area contributed by atoms with Crippen molar-refractivity contribution in [2.24, 2.45) is 0 Å². The molecule has 29 heavy (non-hydrogen) atoms. The number of hydrogen-bond acceptors (Lipinski definition) is 3. The molecule has 0 spiro atoms. The van der Waals surface area contributed by atoms with Crippen molar-refractivity contribution in [3.8, 4) is 0 Å². The molecule has 2 aliphatic heterocycles. The number of rotatable bonds is 4. The van der Waals surface area contributed by atoms with Crippen LogP contribution >= 0.6 is 0 Å². The van der Waals surface area contributed by atoms with E-state index >= 15 is 0 Å². The Hall–Kier alpha value is -1.81. The van der Waals surface area contributed by atoms with Gasteiger partial charge < -0.3 is 14.5 Å². The highest BCUT2D eigenvalue weighted by molar-refractivity contribution is 5.78. The van der Waals surface area contributed by atoms with E-state index < -0.39 is 29.6 Å². The molecule has 2 heterocycles. The Morgan fingerprint density at radius 3 is 2.17 bits per heavy atom. The Bertz CT molecular complexity index is 730. The second-order valence-electron chi connectivity index (χ2n) is 7.77. The van der Waals surface area contributed by atoms with Crippen LogP contribution in [0, 0.1) is 0 Å². The van der Waals surface area contributed by atoms with Crippen LogP contribution in [0.15, 0.2) is 18.2 Å². The number of benzene rings is 1. The number of alkyl halides is 6. The lowest BCUT2D eigenvalue weighted by molar-refractivity contribution is -0.143. The molecule has 1 amide bonds. The summed E-state index contributed by atoms with van der Waals surface area (Å²) < 4.78 is 83.5. The first kappa shape index (κ1) is 21.9. The Labute approximate surface area is 164 Å². The normalized spacial score (nSPS) is 25.6. The highest BCUT2D eigenvalue weighted by Gasteiger charge is 2.44. The average Bonchev–Trinajstić information content (AvgIpc) is 3.03. The Morgan fingerprint density at radius 1 is 1.07 bits per heavy atom. The van der Waals surface area contributed by atoms with E-state index in [1.807, 2.05) is 19.0 Å². The summed E-state index contributed by atoms with van der Waals surface area (Å²) in [7, 11) is 3.82. The number of likely N-dealkylation sites (N-methyl/N-ethyl adjacent to an activating group) is 1. The molecule has 3 unspecified atom stereocenters. The van der Waals surface area contributed by atoms with Gasteiger partial charge in [0.05, 0.1) is 23.8 Å². The zero-order valence-corrected chi connectivity index (χ0v) is 16.0. The van der Waals surface area contributed by atoms with Crippen molar-refractivity contribution in [3.05, 3.63) is 34.9 Å². The van der Waals surface area contributed by atoms with Crippen LogP contribution in [0.4, 0.5) is 26.3 Å². The average molecular weight is 424 g/mol. The van der Waals surface area contributed by atoms with Crippen LogP contribution in [0.2, 0.25) is 0 Å². The first-order valence-electron chi connectivity index (χ1n) is 9.22. The van der Waals surface area contributed by atoms with Gasteiger partial charge in [0, 0.05) is 25.0 Å². The molecule has 1 aromatic rings. The third-order valence-corrected chi connectivity index (χ3v) is 5.52. The standard InChI is InChI=1S/C19H22F6N2O2/c1-26(2)15-3-4-17(28)27-9-14(8-16(15)27)29-10-11-5-12(18(20,21)22)7-13(6-11)19(23,24)25/h5-7,14-16H,3-4,8-10H2,1-2H3. The largest absolute Gasteiger partial charge is 0.416 e. The lowest BCUT2D eigenvalue weighted by Crippen LogP contribution is -2.52. The minimum atomic E-state index is -4.89. The van der Waals surface area contributed by atoms with E-state index in [1.54, 1.807) is 4.90 Å². The minimum absolute atomic E-state index is 0.00220. The van der Waals surface area contributed by atoms with Crippen molar-refractivity contribution in [1.29, 1.82) is 0 Å². The number of piperidine rings is 1. The molecule has 2 saturated heterocycles. The molecule has 4 nitrogen and oxygen atoms in total. The molecule has 0 aliphatic carbocycles. The molecule has 3 atom stereocenters. The van der Waals surface area contributed by atoms with Crippen LogP contribution < -0.4 is 0 Å². The number of carbonyl (C=O) groups is 1. The lowest BCUT2D eigenvalue weighted by atomic mass is 9.95. The predicted molar refractivity (Wildman–Crippen MR) is 91.9 cm³/mol. The van der Waals surface area contributed by atoms with E-state index in [-0.39, 0.29) is 36.2 Å². The second-order valence-corrected chi connectivity index (χ2v) is 7.77. The van der Waals surface area contributed by atoms with Gasteiger partial charge in [-0.15, -0.1) is 0 Å². The highest BCUT2D eigenvalue weighted by atomic mass is 19.4. The van der Waals surface area contributed by atoms with Crippen molar-refractivity contribution < 1.29 is 35.9 Å². The second kappa shape index (κ2) is 7.79.